The van der Waals surface area contributed by atoms with Gasteiger partial charge in [0, 0.05) is 42.3 Å². The minimum absolute atomic E-state index is 0.0524. The number of hydrogen-bond donors (Lipinski definition) is 4. The Labute approximate surface area is 220 Å². The number of rotatable bonds is 10. The highest BCUT2D eigenvalue weighted by molar-refractivity contribution is 5.98. The van der Waals surface area contributed by atoms with E-state index in [1.165, 1.54) is 37.7 Å². The molecule has 0 spiro atoms. The molecule has 198 valence electrons. The minimum atomic E-state index is -0.454. The minimum Gasteiger partial charge on any atom is -0.390 e. The van der Waals surface area contributed by atoms with Crippen molar-refractivity contribution in [3.05, 3.63) is 71.9 Å². The number of aliphatic hydroxyl groups excluding tert-OH is 1. The van der Waals surface area contributed by atoms with Gasteiger partial charge < -0.3 is 20.7 Å². The van der Waals surface area contributed by atoms with Crippen molar-refractivity contribution in [1.29, 1.82) is 0 Å². The number of benzene rings is 2. The standard InChI is InChI=1S/C31H42N4O2/c36-28(21-32-20-24-9-5-2-6-10-24)22-35-16-14-25(17-23-7-3-1-4-8-23)18-30(35)34-31(37)27-11-12-29-26(19-27)13-15-33-29/h1,3-4,7-8,11-13,15,19,24-25,28,30,32-33,36H,2,5-6,9-10,14,16-18,20-22H2,(H,34,37). The number of nitrogens with one attached hydrogen (secondary N) is 3. The molecule has 1 aliphatic heterocycles. The molecule has 1 saturated heterocycles. The number of carbonyl (C=O) groups excluding carboxylic acids is 1. The molecular formula is C31H42N4O2. The molecule has 6 heteroatoms. The molecule has 1 aliphatic carbocycles. The van der Waals surface area contributed by atoms with Crippen LogP contribution in [0.5, 0.6) is 0 Å². The van der Waals surface area contributed by atoms with Crippen LogP contribution in [0.25, 0.3) is 10.9 Å². The molecule has 0 radical (unpaired) electrons. The van der Waals surface area contributed by atoms with Crippen molar-refractivity contribution in [3.8, 4) is 0 Å². The first-order chi connectivity index (χ1) is 18.1. The van der Waals surface area contributed by atoms with E-state index in [1.807, 2.05) is 30.5 Å². The quantitative estimate of drug-likeness (QED) is 0.324. The van der Waals surface area contributed by atoms with Gasteiger partial charge >= 0.3 is 0 Å². The van der Waals surface area contributed by atoms with Crippen molar-refractivity contribution < 1.29 is 9.90 Å². The highest BCUT2D eigenvalue weighted by Crippen LogP contribution is 2.26. The van der Waals surface area contributed by atoms with Gasteiger partial charge in [0.25, 0.3) is 5.91 Å². The monoisotopic (exact) mass is 502 g/mol. The molecule has 0 bridgehead atoms. The summed E-state index contributed by atoms with van der Waals surface area (Å²) in [6, 6.07) is 18.4. The van der Waals surface area contributed by atoms with Gasteiger partial charge in [0.1, 0.15) is 0 Å². The van der Waals surface area contributed by atoms with Crippen LogP contribution in [0.4, 0.5) is 0 Å². The van der Waals surface area contributed by atoms with Crippen molar-refractivity contribution in [2.45, 2.75) is 63.6 Å². The fraction of sp³-hybridized carbons (Fsp3) is 0.516. The van der Waals surface area contributed by atoms with Gasteiger partial charge in [0.2, 0.25) is 0 Å². The maximum absolute atomic E-state index is 13.3. The smallest absolute Gasteiger partial charge is 0.252 e. The van der Waals surface area contributed by atoms with Crippen LogP contribution in [0, 0.1) is 11.8 Å². The van der Waals surface area contributed by atoms with Crippen molar-refractivity contribution in [1.82, 2.24) is 20.5 Å². The van der Waals surface area contributed by atoms with Gasteiger partial charge in [-0.3, -0.25) is 9.69 Å². The van der Waals surface area contributed by atoms with Crippen LogP contribution in [0.1, 0.15) is 60.9 Å². The molecular weight excluding hydrogens is 460 g/mol. The summed E-state index contributed by atoms with van der Waals surface area (Å²) in [7, 11) is 0. The van der Waals surface area contributed by atoms with Crippen molar-refractivity contribution in [2.24, 2.45) is 11.8 Å². The lowest BCUT2D eigenvalue weighted by Crippen LogP contribution is -2.55. The van der Waals surface area contributed by atoms with E-state index in [4.69, 9.17) is 0 Å². The molecule has 3 unspecified atom stereocenters. The van der Waals surface area contributed by atoms with Gasteiger partial charge in [0.15, 0.2) is 0 Å². The average molecular weight is 503 g/mol. The average Bonchev–Trinajstić information content (AvgIpc) is 3.39. The molecule has 5 rings (SSSR count). The molecule has 2 aromatic carbocycles. The van der Waals surface area contributed by atoms with E-state index in [1.54, 1.807) is 0 Å². The summed E-state index contributed by atoms with van der Waals surface area (Å²) in [5, 5.41) is 18.7. The van der Waals surface area contributed by atoms with E-state index in [-0.39, 0.29) is 12.1 Å². The van der Waals surface area contributed by atoms with E-state index in [9.17, 15) is 9.90 Å². The van der Waals surface area contributed by atoms with Crippen LogP contribution in [0.3, 0.4) is 0 Å². The summed E-state index contributed by atoms with van der Waals surface area (Å²) in [5.74, 6) is 1.19. The topological polar surface area (TPSA) is 80.4 Å². The van der Waals surface area contributed by atoms with Crippen LogP contribution in [-0.4, -0.2) is 59.3 Å². The zero-order chi connectivity index (χ0) is 25.5. The van der Waals surface area contributed by atoms with Gasteiger partial charge in [-0.2, -0.15) is 0 Å². The Morgan fingerprint density at radius 2 is 1.86 bits per heavy atom. The van der Waals surface area contributed by atoms with Gasteiger partial charge in [-0.15, -0.1) is 0 Å². The summed E-state index contributed by atoms with van der Waals surface area (Å²) in [6.45, 7) is 3.04. The lowest BCUT2D eigenvalue weighted by Gasteiger charge is -2.41. The predicted octanol–water partition coefficient (Wildman–Crippen LogP) is 4.71. The molecule has 3 aromatic rings. The number of amides is 1. The van der Waals surface area contributed by atoms with Crippen molar-refractivity contribution in [2.75, 3.05) is 26.2 Å². The van der Waals surface area contributed by atoms with Crippen LogP contribution in [-0.2, 0) is 6.42 Å². The predicted molar refractivity (Wildman–Crippen MR) is 149 cm³/mol. The number of likely N-dealkylation sites (tertiary alicyclic amines) is 1. The van der Waals surface area contributed by atoms with Crippen LogP contribution in [0.15, 0.2) is 60.8 Å². The normalized spacial score (nSPS) is 22.2. The summed E-state index contributed by atoms with van der Waals surface area (Å²) in [5.41, 5.74) is 3.05. The first-order valence-electron chi connectivity index (χ1n) is 14.2. The fourth-order valence-electron chi connectivity index (χ4n) is 6.20. The number of β-amino-alcohol motifs (C(OH)–C–C–N with tert-alkyl or cyclic N) is 1. The van der Waals surface area contributed by atoms with Crippen molar-refractivity contribution in [3.63, 3.8) is 0 Å². The lowest BCUT2D eigenvalue weighted by atomic mass is 9.88. The van der Waals surface area contributed by atoms with E-state index in [0.29, 0.717) is 24.6 Å². The molecule has 2 heterocycles. The van der Waals surface area contributed by atoms with Gasteiger partial charge in [-0.05, 0) is 80.3 Å². The molecule has 4 N–H and O–H groups in total. The van der Waals surface area contributed by atoms with E-state index < -0.39 is 6.10 Å². The first-order valence-corrected chi connectivity index (χ1v) is 14.2. The summed E-state index contributed by atoms with van der Waals surface area (Å²) < 4.78 is 0. The maximum atomic E-state index is 13.3. The van der Waals surface area contributed by atoms with E-state index in [0.717, 1.165) is 49.2 Å². The molecule has 2 fully saturated rings. The number of aromatic nitrogens is 1. The van der Waals surface area contributed by atoms with Crippen LogP contribution >= 0.6 is 0 Å². The second-order valence-electron chi connectivity index (χ2n) is 11.2. The number of carbonyl (C=O) groups is 1. The molecule has 6 nitrogen and oxygen atoms in total. The van der Waals surface area contributed by atoms with Gasteiger partial charge in [-0.1, -0.05) is 49.6 Å². The molecule has 2 aliphatic rings. The Hall–Kier alpha value is -2.67. The molecule has 37 heavy (non-hydrogen) atoms. The molecule has 3 atom stereocenters. The summed E-state index contributed by atoms with van der Waals surface area (Å²) in [4.78, 5) is 18.8. The summed E-state index contributed by atoms with van der Waals surface area (Å²) >= 11 is 0. The zero-order valence-corrected chi connectivity index (χ0v) is 21.9. The Balaban J connectivity index is 1.20. The number of piperidine rings is 1. The van der Waals surface area contributed by atoms with Gasteiger partial charge in [-0.25, -0.2) is 0 Å². The van der Waals surface area contributed by atoms with Gasteiger partial charge in [0.05, 0.1) is 12.3 Å². The number of aromatic amines is 1. The second-order valence-corrected chi connectivity index (χ2v) is 11.2. The van der Waals surface area contributed by atoms with Crippen molar-refractivity contribution >= 4 is 16.8 Å². The third kappa shape index (κ3) is 7.22. The Bertz CT molecular complexity index is 1120. The lowest BCUT2D eigenvalue weighted by molar-refractivity contribution is 0.0344. The number of hydrogen-bond acceptors (Lipinski definition) is 4. The maximum Gasteiger partial charge on any atom is 0.252 e. The van der Waals surface area contributed by atoms with Crippen LogP contribution in [0.2, 0.25) is 0 Å². The Morgan fingerprint density at radius 1 is 1.03 bits per heavy atom. The molecule has 1 saturated carbocycles. The molecule has 1 aromatic heterocycles. The SMILES string of the molecule is O=C(NC1CC(Cc2ccccc2)CCN1CC(O)CNCC1CCCCC1)c1ccc2[nH]ccc2c1. The third-order valence-electron chi connectivity index (χ3n) is 8.29. The summed E-state index contributed by atoms with van der Waals surface area (Å²) in [6.07, 6.45) is 11.0. The number of fused-ring (bicyclic) bond motifs is 1. The molecule has 1 amide bonds. The zero-order valence-electron chi connectivity index (χ0n) is 21.9. The highest BCUT2D eigenvalue weighted by Gasteiger charge is 2.31. The number of aliphatic hydroxyl groups is 1. The fourth-order valence-corrected chi connectivity index (χ4v) is 6.20. The van der Waals surface area contributed by atoms with E-state index in [2.05, 4.69) is 50.8 Å². The Kier molecular flexibility index (Phi) is 8.93. The Morgan fingerprint density at radius 3 is 2.70 bits per heavy atom. The number of nitrogens with zero attached hydrogens (tertiary/aromatic N) is 1. The first kappa shape index (κ1) is 26.0. The highest BCUT2D eigenvalue weighted by atomic mass is 16.3. The van der Waals surface area contributed by atoms with E-state index >= 15 is 0 Å². The largest absolute Gasteiger partial charge is 0.390 e. The third-order valence-corrected chi connectivity index (χ3v) is 8.29. The van der Waals surface area contributed by atoms with Crippen LogP contribution < -0.4 is 10.6 Å². The second kappa shape index (κ2) is 12.7. The number of H-pyrrole nitrogens is 1.